The van der Waals surface area contributed by atoms with Crippen molar-refractivity contribution in [3.8, 4) is 0 Å². The minimum absolute atomic E-state index is 0.00150. The molecule has 0 aliphatic rings. The van der Waals surface area contributed by atoms with Gasteiger partial charge in [-0.1, -0.05) is 30.3 Å². The van der Waals surface area contributed by atoms with Gasteiger partial charge in [0, 0.05) is 0 Å². The number of hydrogen-bond acceptors (Lipinski definition) is 5. The first-order chi connectivity index (χ1) is 10.2. The number of carbonyl (C=O) groups excluding carboxylic acids is 1. The molecule has 2 unspecified atom stereocenters. The average molecular weight is 331 g/mol. The van der Waals surface area contributed by atoms with Gasteiger partial charge in [0.05, 0.1) is 0 Å². The maximum absolute atomic E-state index is 11.8. The first kappa shape index (κ1) is 18.2. The van der Waals surface area contributed by atoms with Crippen LogP contribution in [0.5, 0.6) is 0 Å². The number of rotatable bonds is 7. The lowest BCUT2D eigenvalue weighted by molar-refractivity contribution is -0.144. The molecule has 3 N–H and O–H groups in total. The molecular formula is C13H18NO7P. The van der Waals surface area contributed by atoms with Gasteiger partial charge in [-0.25, -0.2) is 9.59 Å². The van der Waals surface area contributed by atoms with Gasteiger partial charge in [0.25, 0.3) is 0 Å². The Morgan fingerprint density at radius 2 is 1.86 bits per heavy atom. The SMILES string of the molecule is CC(NC(=O)OCc1ccccc1)P(=O)(O)O[C@H](C)C(=O)O. The van der Waals surface area contributed by atoms with Gasteiger partial charge in [-0.3, -0.25) is 9.09 Å². The lowest BCUT2D eigenvalue weighted by Gasteiger charge is -2.21. The Kier molecular flexibility index (Phi) is 6.55. The van der Waals surface area contributed by atoms with Crippen molar-refractivity contribution in [1.82, 2.24) is 5.32 Å². The molecule has 0 radical (unpaired) electrons. The molecule has 0 aliphatic heterocycles. The molecule has 22 heavy (non-hydrogen) atoms. The zero-order chi connectivity index (χ0) is 16.8. The predicted molar refractivity (Wildman–Crippen MR) is 77.2 cm³/mol. The van der Waals surface area contributed by atoms with Gasteiger partial charge in [0.2, 0.25) is 0 Å². The summed E-state index contributed by atoms with van der Waals surface area (Å²) in [5, 5.41) is 10.8. The van der Waals surface area contributed by atoms with E-state index in [0.717, 1.165) is 12.5 Å². The molecule has 1 aromatic rings. The summed E-state index contributed by atoms with van der Waals surface area (Å²) in [6, 6.07) is 8.88. The largest absolute Gasteiger partial charge is 0.479 e. The lowest BCUT2D eigenvalue weighted by Crippen LogP contribution is -2.34. The van der Waals surface area contributed by atoms with Crippen LogP contribution < -0.4 is 5.32 Å². The van der Waals surface area contributed by atoms with Crippen molar-refractivity contribution in [2.75, 3.05) is 0 Å². The van der Waals surface area contributed by atoms with Crippen molar-refractivity contribution in [1.29, 1.82) is 0 Å². The third kappa shape index (κ3) is 5.85. The van der Waals surface area contributed by atoms with Crippen molar-refractivity contribution in [2.24, 2.45) is 0 Å². The second-order valence-electron chi connectivity index (χ2n) is 4.53. The molecular weight excluding hydrogens is 313 g/mol. The Labute approximate surface area is 127 Å². The van der Waals surface area contributed by atoms with E-state index >= 15 is 0 Å². The molecule has 1 rings (SSSR count). The fourth-order valence-electron chi connectivity index (χ4n) is 1.38. The predicted octanol–water partition coefficient (Wildman–Crippen LogP) is 1.93. The van der Waals surface area contributed by atoms with Crippen molar-refractivity contribution in [3.05, 3.63) is 35.9 Å². The first-order valence-corrected chi connectivity index (χ1v) is 8.08. The summed E-state index contributed by atoms with van der Waals surface area (Å²) in [5.41, 5.74) is 0.758. The Hall–Kier alpha value is -1.89. The number of hydrogen-bond donors (Lipinski definition) is 3. The minimum Gasteiger partial charge on any atom is -0.479 e. The lowest BCUT2D eigenvalue weighted by atomic mass is 10.2. The van der Waals surface area contributed by atoms with Crippen LogP contribution in [0.3, 0.4) is 0 Å². The van der Waals surface area contributed by atoms with Gasteiger partial charge in [0.15, 0.2) is 6.10 Å². The quantitative estimate of drug-likeness (QED) is 0.652. The number of alkyl carbamates (subject to hydrolysis) is 1. The normalized spacial score (nSPS) is 16.1. The van der Waals surface area contributed by atoms with E-state index in [1.54, 1.807) is 24.3 Å². The average Bonchev–Trinajstić information content (AvgIpc) is 2.45. The van der Waals surface area contributed by atoms with Gasteiger partial charge in [-0.05, 0) is 19.4 Å². The molecule has 0 heterocycles. The van der Waals surface area contributed by atoms with E-state index in [9.17, 15) is 19.0 Å². The summed E-state index contributed by atoms with van der Waals surface area (Å²) in [6.45, 7) is 2.34. The molecule has 0 saturated carbocycles. The van der Waals surface area contributed by atoms with Crippen LogP contribution in [0, 0.1) is 0 Å². The van der Waals surface area contributed by atoms with E-state index in [-0.39, 0.29) is 6.61 Å². The maximum atomic E-state index is 11.8. The third-order valence-corrected chi connectivity index (χ3v) is 4.41. The second kappa shape index (κ2) is 7.93. The molecule has 0 bridgehead atoms. The number of nitrogens with one attached hydrogen (secondary N) is 1. The van der Waals surface area contributed by atoms with E-state index in [1.165, 1.54) is 6.92 Å². The Morgan fingerprint density at radius 3 is 2.41 bits per heavy atom. The second-order valence-corrected chi connectivity index (χ2v) is 6.65. The van der Waals surface area contributed by atoms with E-state index in [4.69, 9.17) is 9.84 Å². The number of carbonyl (C=O) groups is 2. The number of aliphatic carboxylic acids is 1. The summed E-state index contributed by atoms with van der Waals surface area (Å²) < 4.78 is 21.3. The number of carboxylic acid groups (broad SMARTS) is 1. The fraction of sp³-hybridized carbons (Fsp3) is 0.385. The molecule has 0 aliphatic carbocycles. The highest BCUT2D eigenvalue weighted by Crippen LogP contribution is 2.47. The van der Waals surface area contributed by atoms with Crippen LogP contribution in [0.25, 0.3) is 0 Å². The van der Waals surface area contributed by atoms with E-state index in [2.05, 4.69) is 9.84 Å². The Bertz CT molecular complexity index is 563. The minimum atomic E-state index is -4.34. The maximum Gasteiger partial charge on any atom is 0.408 e. The summed E-state index contributed by atoms with van der Waals surface area (Å²) in [5.74, 6) is -2.69. The van der Waals surface area contributed by atoms with Crippen molar-refractivity contribution < 1.29 is 33.4 Å². The van der Waals surface area contributed by atoms with Crippen LogP contribution >= 0.6 is 7.60 Å². The molecule has 1 amide bonds. The first-order valence-electron chi connectivity index (χ1n) is 6.43. The zero-order valence-corrected chi connectivity index (χ0v) is 13.0. The van der Waals surface area contributed by atoms with Gasteiger partial charge in [0.1, 0.15) is 12.4 Å². The monoisotopic (exact) mass is 331 g/mol. The summed E-state index contributed by atoms with van der Waals surface area (Å²) in [6.07, 6.45) is -2.38. The van der Waals surface area contributed by atoms with E-state index in [0.29, 0.717) is 0 Å². The van der Waals surface area contributed by atoms with Crippen LogP contribution in [0.1, 0.15) is 19.4 Å². The van der Waals surface area contributed by atoms with Gasteiger partial charge in [-0.2, -0.15) is 0 Å². The topological polar surface area (TPSA) is 122 Å². The van der Waals surface area contributed by atoms with Crippen LogP contribution in [-0.4, -0.2) is 33.9 Å². The standard InChI is InChI=1S/C13H18NO7P/c1-9(12(15)16)21-22(18,19)10(2)14-13(17)20-8-11-6-4-3-5-7-11/h3-7,9-10H,8H2,1-2H3,(H,14,17)(H,15,16)(H,18,19)/t9-,10?/m1/s1. The summed E-state index contributed by atoms with van der Waals surface area (Å²) >= 11 is 0. The zero-order valence-electron chi connectivity index (χ0n) is 12.1. The molecule has 0 saturated heterocycles. The number of ether oxygens (including phenoxy) is 1. The molecule has 0 spiro atoms. The summed E-state index contributed by atoms with van der Waals surface area (Å²) in [7, 11) is -4.34. The van der Waals surface area contributed by atoms with Crippen LogP contribution in [0.2, 0.25) is 0 Å². The van der Waals surface area contributed by atoms with Gasteiger partial charge < -0.3 is 20.1 Å². The fourth-order valence-corrected chi connectivity index (χ4v) is 2.37. The third-order valence-electron chi connectivity index (χ3n) is 2.69. The smallest absolute Gasteiger partial charge is 0.408 e. The van der Waals surface area contributed by atoms with Crippen molar-refractivity contribution in [2.45, 2.75) is 32.3 Å². The van der Waals surface area contributed by atoms with Crippen LogP contribution in [-0.2, 0) is 25.2 Å². The Balaban J connectivity index is 2.49. The molecule has 0 aromatic heterocycles. The molecule has 0 fully saturated rings. The molecule has 8 nitrogen and oxygen atoms in total. The molecule has 9 heteroatoms. The van der Waals surface area contributed by atoms with Crippen molar-refractivity contribution in [3.63, 3.8) is 0 Å². The number of carboxylic acids is 1. The molecule has 3 atom stereocenters. The molecule has 122 valence electrons. The summed E-state index contributed by atoms with van der Waals surface area (Å²) in [4.78, 5) is 31.8. The highest BCUT2D eigenvalue weighted by Gasteiger charge is 2.34. The highest BCUT2D eigenvalue weighted by atomic mass is 31.2. The molecule has 1 aromatic carbocycles. The number of amides is 1. The van der Waals surface area contributed by atoms with Crippen LogP contribution in [0.4, 0.5) is 4.79 Å². The van der Waals surface area contributed by atoms with Crippen LogP contribution in [0.15, 0.2) is 30.3 Å². The van der Waals surface area contributed by atoms with Crippen molar-refractivity contribution >= 4 is 19.7 Å². The van der Waals surface area contributed by atoms with E-state index < -0.39 is 31.5 Å². The highest BCUT2D eigenvalue weighted by molar-refractivity contribution is 7.53. The van der Waals surface area contributed by atoms with Gasteiger partial charge >= 0.3 is 19.7 Å². The Morgan fingerprint density at radius 1 is 1.27 bits per heavy atom. The van der Waals surface area contributed by atoms with E-state index in [1.807, 2.05) is 6.07 Å². The number of benzene rings is 1. The van der Waals surface area contributed by atoms with Gasteiger partial charge in [-0.15, -0.1) is 0 Å².